The first-order valence-electron chi connectivity index (χ1n) is 5.28. The van der Waals surface area contributed by atoms with Crippen molar-refractivity contribution in [3.8, 4) is 0 Å². The van der Waals surface area contributed by atoms with Crippen molar-refractivity contribution in [2.24, 2.45) is 0 Å². The highest BCUT2D eigenvalue weighted by Crippen LogP contribution is 2.11. The van der Waals surface area contributed by atoms with Crippen LogP contribution in [-0.4, -0.2) is 20.3 Å². The van der Waals surface area contributed by atoms with Crippen LogP contribution >= 0.6 is 0 Å². The first kappa shape index (κ1) is 18.6. The van der Waals surface area contributed by atoms with Gasteiger partial charge in [-0.15, -0.1) is 0 Å². The van der Waals surface area contributed by atoms with Gasteiger partial charge in [-0.05, 0) is 26.0 Å². The minimum Gasteiger partial charge on any atom is -0.418 e. The van der Waals surface area contributed by atoms with Crippen LogP contribution < -0.4 is 10.3 Å². The van der Waals surface area contributed by atoms with E-state index in [0.717, 1.165) is 13.1 Å². The summed E-state index contributed by atoms with van der Waals surface area (Å²) in [6.45, 7) is 6.52. The van der Waals surface area contributed by atoms with Crippen LogP contribution in [0.5, 0.6) is 0 Å². The summed E-state index contributed by atoms with van der Waals surface area (Å²) in [4.78, 5) is 2.33. The zero-order chi connectivity index (χ0) is 14.6. The lowest BCUT2D eigenvalue weighted by atomic mass is 10.3. The van der Waals surface area contributed by atoms with E-state index in [9.17, 15) is 17.3 Å². The average Bonchev–Trinajstić information content (AvgIpc) is 2.32. The molecule has 3 nitrogen and oxygen atoms in total. The highest BCUT2D eigenvalue weighted by atomic mass is 19.5. The van der Waals surface area contributed by atoms with Crippen molar-refractivity contribution in [3.63, 3.8) is 0 Å². The Kier molecular flexibility index (Phi) is 10.7. The Hall–Kier alpha value is -1.78. The van der Waals surface area contributed by atoms with Crippen LogP contribution in [0.3, 0.4) is 0 Å². The molecule has 18 heavy (non-hydrogen) atoms. The molecule has 0 aliphatic heterocycles. The number of hydrogen-bond donors (Lipinski definition) is 1. The van der Waals surface area contributed by atoms with Gasteiger partial charge in [-0.3, -0.25) is 0 Å². The van der Waals surface area contributed by atoms with E-state index in [1.165, 1.54) is 5.69 Å². The van der Waals surface area contributed by atoms with E-state index in [1.54, 1.807) is 0 Å². The van der Waals surface area contributed by atoms with E-state index in [0.29, 0.717) is 0 Å². The second-order valence-electron chi connectivity index (χ2n) is 3.00. The van der Waals surface area contributed by atoms with Gasteiger partial charge in [-0.2, -0.15) is 0 Å². The van der Waals surface area contributed by atoms with Crippen molar-refractivity contribution in [3.05, 3.63) is 30.3 Å². The molecule has 0 atom stereocenters. The Bertz CT molecular complexity index is 306. The molecule has 0 saturated carbocycles. The number of halogens is 4. The number of rotatable bonds is 3. The quantitative estimate of drug-likeness (QED) is 0.517. The van der Waals surface area contributed by atoms with Crippen molar-refractivity contribution in [1.82, 2.24) is 0 Å². The Morgan fingerprint density at radius 1 is 1.00 bits per heavy atom. The van der Waals surface area contributed by atoms with Crippen LogP contribution in [0.15, 0.2) is 30.3 Å². The second-order valence-corrected chi connectivity index (χ2v) is 3.00. The minimum absolute atomic E-state index is 1.08. The summed E-state index contributed by atoms with van der Waals surface area (Å²) in [5.74, 6) is 0. The molecule has 0 aromatic heterocycles. The molecule has 1 aromatic rings. The largest absolute Gasteiger partial charge is 0.673 e. The Balaban J connectivity index is 0. The van der Waals surface area contributed by atoms with Gasteiger partial charge in [0.2, 0.25) is 5.39 Å². The number of diazo groups is 1. The molecule has 0 radical (unpaired) electrons. The summed E-state index contributed by atoms with van der Waals surface area (Å²) in [6.07, 6.45) is 0. The van der Waals surface area contributed by atoms with E-state index in [2.05, 4.69) is 43.0 Å². The molecule has 1 rings (SSSR count). The Labute approximate surface area is 104 Å². The molecule has 0 aliphatic rings. The van der Waals surface area contributed by atoms with E-state index < -0.39 is 7.25 Å². The molecule has 0 amide bonds. The molecule has 8 heteroatoms. The lowest BCUT2D eigenvalue weighted by molar-refractivity contribution is -0.175. The maximum absolute atomic E-state index is 9.75. The van der Waals surface area contributed by atoms with Crippen molar-refractivity contribution in [2.45, 2.75) is 13.8 Å². The summed E-state index contributed by atoms with van der Waals surface area (Å²) in [6, 6.07) is 10.5. The Morgan fingerprint density at radius 2 is 1.33 bits per heavy atom. The smallest absolute Gasteiger partial charge is 0.418 e. The lowest BCUT2D eigenvalue weighted by Gasteiger charge is -2.20. The molecule has 0 unspecified atom stereocenters. The van der Waals surface area contributed by atoms with Crippen LogP contribution in [0.2, 0.25) is 0 Å². The van der Waals surface area contributed by atoms with Gasteiger partial charge >= 0.3 is 7.25 Å². The molecule has 0 bridgehead atoms. The van der Waals surface area contributed by atoms with Gasteiger partial charge in [-0.1, -0.05) is 18.2 Å². The molecule has 102 valence electrons. The third-order valence-corrected chi connectivity index (χ3v) is 1.88. The first-order chi connectivity index (χ1) is 8.38. The summed E-state index contributed by atoms with van der Waals surface area (Å²) >= 11 is 0. The van der Waals surface area contributed by atoms with Crippen LogP contribution in [0.25, 0.3) is 0 Å². The van der Waals surface area contributed by atoms with Gasteiger partial charge in [0.15, 0.2) is 0 Å². The summed E-state index contributed by atoms with van der Waals surface area (Å²) in [7, 11) is -6.00. The highest BCUT2D eigenvalue weighted by Gasteiger charge is 2.20. The number of para-hydroxylation sites is 1. The zero-order valence-corrected chi connectivity index (χ0v) is 10.3. The number of nitrogens with one attached hydrogen (secondary N) is 1. The van der Waals surface area contributed by atoms with E-state index in [-0.39, 0.29) is 0 Å². The van der Waals surface area contributed by atoms with Gasteiger partial charge < -0.3 is 22.2 Å². The van der Waals surface area contributed by atoms with Gasteiger partial charge in [0, 0.05) is 18.8 Å². The highest BCUT2D eigenvalue weighted by molar-refractivity contribution is 6.50. The van der Waals surface area contributed by atoms with E-state index in [1.807, 2.05) is 6.07 Å². The standard InChI is InChI=1S/C10H15N.BF4.N2/c1-3-11(4-2)10-8-6-5-7-9-10;2-1(3,4)5;1-2/h5-9H,3-4H2,1-2H3;;/q;-1;/p+1. The molecule has 0 fully saturated rings. The number of benzene rings is 1. The van der Waals surface area contributed by atoms with Crippen molar-refractivity contribution in [1.29, 1.82) is 5.39 Å². The van der Waals surface area contributed by atoms with Crippen LogP contribution in [-0.2, 0) is 0 Å². The predicted molar refractivity (Wildman–Crippen MR) is 62.9 cm³/mol. The fraction of sp³-hybridized carbons (Fsp3) is 0.400. The molecule has 1 aromatic carbocycles. The Morgan fingerprint density at radius 3 is 1.61 bits per heavy atom. The number of anilines is 1. The summed E-state index contributed by atoms with van der Waals surface area (Å²) in [5, 5.41) is 11.0. The third kappa shape index (κ3) is 12.3. The van der Waals surface area contributed by atoms with E-state index in [4.69, 9.17) is 10.8 Å². The molecular formula is C10H16BF4N3. The summed E-state index contributed by atoms with van der Waals surface area (Å²) in [5.41, 5.74) is 1.32. The van der Waals surface area contributed by atoms with Gasteiger partial charge in [-0.25, -0.2) is 0 Å². The van der Waals surface area contributed by atoms with Crippen molar-refractivity contribution in [2.75, 3.05) is 18.0 Å². The SMILES string of the molecule is CCN(CC)c1ccccc1.F[B-](F)(F)F.N#[NH+]. The van der Waals surface area contributed by atoms with Gasteiger partial charge in [0.1, 0.15) is 0 Å². The van der Waals surface area contributed by atoms with Crippen molar-refractivity contribution >= 4 is 12.9 Å². The first-order valence-corrected chi connectivity index (χ1v) is 5.28. The lowest BCUT2D eigenvalue weighted by Crippen LogP contribution is -2.21. The van der Waals surface area contributed by atoms with Crippen LogP contribution in [0.1, 0.15) is 13.8 Å². The van der Waals surface area contributed by atoms with Gasteiger partial charge in [0.05, 0.1) is 5.39 Å². The molecular weight excluding hydrogens is 249 g/mol. The number of hydrogen-bond acceptors (Lipinski definition) is 2. The maximum Gasteiger partial charge on any atom is 0.673 e. The van der Waals surface area contributed by atoms with Crippen molar-refractivity contribution < 1.29 is 22.7 Å². The molecule has 0 spiro atoms. The average molecular weight is 265 g/mol. The fourth-order valence-electron chi connectivity index (χ4n) is 1.23. The molecule has 0 aliphatic carbocycles. The number of nitrogens with zero attached hydrogens (tertiary/aromatic N) is 2. The minimum atomic E-state index is -6.00. The predicted octanol–water partition coefficient (Wildman–Crippen LogP) is 2.11. The van der Waals surface area contributed by atoms with Crippen LogP contribution in [0, 0.1) is 5.39 Å². The fourth-order valence-corrected chi connectivity index (χ4v) is 1.23. The molecule has 0 heterocycles. The topological polar surface area (TPSA) is 50.8 Å². The van der Waals surface area contributed by atoms with Gasteiger partial charge in [0.25, 0.3) is 0 Å². The monoisotopic (exact) mass is 265 g/mol. The van der Waals surface area contributed by atoms with Crippen LogP contribution in [0.4, 0.5) is 23.0 Å². The normalized spacial score (nSPS) is 9.33. The molecule has 0 saturated heterocycles. The zero-order valence-electron chi connectivity index (χ0n) is 10.3. The maximum atomic E-state index is 9.75. The summed E-state index contributed by atoms with van der Waals surface area (Å²) < 4.78 is 39.0. The van der Waals surface area contributed by atoms with E-state index >= 15 is 0 Å². The second kappa shape index (κ2) is 10.4. The third-order valence-electron chi connectivity index (χ3n) is 1.88. The molecule has 1 N–H and O–H groups in total.